The van der Waals surface area contributed by atoms with E-state index >= 15 is 0 Å². The lowest BCUT2D eigenvalue weighted by Gasteiger charge is -2.38. The Morgan fingerprint density at radius 1 is 0.537 bits per heavy atom. The molecule has 0 aliphatic rings. The van der Waals surface area contributed by atoms with Gasteiger partial charge in [0.15, 0.2) is 0 Å². The molecule has 4 rings (SSSR count). The summed E-state index contributed by atoms with van der Waals surface area (Å²) in [5, 5.41) is 0. The summed E-state index contributed by atoms with van der Waals surface area (Å²) in [5.74, 6) is -3.24. The highest BCUT2D eigenvalue weighted by atomic mass is 19.4. The molecule has 0 saturated heterocycles. The van der Waals surface area contributed by atoms with Gasteiger partial charge < -0.3 is 20.9 Å². The molecule has 0 bridgehead atoms. The number of carbonyl (C=O) groups excluding carboxylic acids is 2. The van der Waals surface area contributed by atoms with Crippen LogP contribution >= 0.6 is 0 Å². The summed E-state index contributed by atoms with van der Waals surface area (Å²) in [6, 6.07) is 16.9. The molecule has 0 heterocycles. The van der Waals surface area contributed by atoms with Crippen molar-refractivity contribution in [2.24, 2.45) is 0 Å². The summed E-state index contributed by atoms with van der Waals surface area (Å²) in [6.45, 7) is 0. The van der Waals surface area contributed by atoms with Crippen molar-refractivity contribution in [1.82, 2.24) is 0 Å². The molecule has 4 N–H and O–H groups in total. The van der Waals surface area contributed by atoms with Crippen molar-refractivity contribution in [3.63, 3.8) is 0 Å². The number of halogens is 6. The van der Waals surface area contributed by atoms with E-state index in [1.165, 1.54) is 48.5 Å². The smallest absolute Gasteiger partial charge is 0.411 e. The largest absolute Gasteiger partial charge is 0.423 e. The molecular formula is C29H20F6N2O4. The van der Waals surface area contributed by atoms with E-state index in [-0.39, 0.29) is 22.5 Å². The minimum absolute atomic E-state index is 0.0667. The Balaban J connectivity index is 1.79. The predicted molar refractivity (Wildman–Crippen MR) is 137 cm³/mol. The Morgan fingerprint density at radius 2 is 0.902 bits per heavy atom. The molecule has 0 aromatic heterocycles. The van der Waals surface area contributed by atoms with Crippen LogP contribution in [0.15, 0.2) is 97.1 Å². The normalized spacial score (nSPS) is 12.0. The van der Waals surface area contributed by atoms with Crippen LogP contribution in [0.3, 0.4) is 0 Å². The highest BCUT2D eigenvalue weighted by Crippen LogP contribution is 2.57. The second-order valence-corrected chi connectivity index (χ2v) is 8.83. The average molecular weight is 574 g/mol. The molecule has 0 saturated carbocycles. The number of alkyl halides is 6. The fraction of sp³-hybridized carbons (Fsp3) is 0.103. The van der Waals surface area contributed by atoms with Gasteiger partial charge in [-0.3, -0.25) is 0 Å². The van der Waals surface area contributed by atoms with Gasteiger partial charge in [0.2, 0.25) is 5.41 Å². The Kier molecular flexibility index (Phi) is 7.69. The number of nitrogen functional groups attached to an aromatic ring is 2. The predicted octanol–water partition coefficient (Wildman–Crippen LogP) is 6.70. The zero-order valence-corrected chi connectivity index (χ0v) is 20.8. The molecule has 12 heteroatoms. The van der Waals surface area contributed by atoms with Crippen LogP contribution in [0.1, 0.15) is 31.8 Å². The topological polar surface area (TPSA) is 105 Å². The standard InChI is InChI=1S/C29H20F6N2O4/c30-28(31,32)27(29(33,34)35,19-7-3-11-23(15-19)40-25(38)17-5-1-9-21(36)13-17)20-8-4-12-24(16-20)41-26(39)18-6-2-10-22(37)14-18/h1-16H,36-37H2. The van der Waals surface area contributed by atoms with Gasteiger partial charge in [-0.25, -0.2) is 9.59 Å². The molecule has 0 atom stereocenters. The third-order valence-electron chi connectivity index (χ3n) is 6.05. The van der Waals surface area contributed by atoms with E-state index in [0.29, 0.717) is 24.3 Å². The fourth-order valence-electron chi connectivity index (χ4n) is 4.23. The SMILES string of the molecule is Nc1cccc(C(=O)Oc2cccc(C(c3cccc(OC(=O)c4cccc(N)c4)c3)(C(F)(F)F)C(F)(F)F)c2)c1. The first-order valence-corrected chi connectivity index (χ1v) is 11.7. The number of hydrogen-bond acceptors (Lipinski definition) is 6. The van der Waals surface area contributed by atoms with Crippen LogP contribution in [0.2, 0.25) is 0 Å². The van der Waals surface area contributed by atoms with Crippen molar-refractivity contribution >= 4 is 23.3 Å². The van der Waals surface area contributed by atoms with E-state index in [9.17, 15) is 35.9 Å². The number of carbonyl (C=O) groups is 2. The number of esters is 2. The maximum Gasteiger partial charge on any atom is 0.411 e. The van der Waals surface area contributed by atoms with Gasteiger partial charge in [-0.1, -0.05) is 36.4 Å². The quantitative estimate of drug-likeness (QED) is 0.115. The third-order valence-corrected chi connectivity index (χ3v) is 6.05. The van der Waals surface area contributed by atoms with Gasteiger partial charge in [-0.2, -0.15) is 26.3 Å². The van der Waals surface area contributed by atoms with Crippen LogP contribution in [0.4, 0.5) is 37.7 Å². The zero-order valence-electron chi connectivity index (χ0n) is 20.8. The molecule has 0 aliphatic carbocycles. The van der Waals surface area contributed by atoms with Gasteiger partial charge in [0.05, 0.1) is 11.1 Å². The first-order valence-electron chi connectivity index (χ1n) is 11.7. The summed E-state index contributed by atoms with van der Waals surface area (Å²) in [7, 11) is 0. The van der Waals surface area contributed by atoms with Gasteiger partial charge in [0.25, 0.3) is 0 Å². The molecule has 6 nitrogen and oxygen atoms in total. The minimum atomic E-state index is -5.95. The van der Waals surface area contributed by atoms with Gasteiger partial charge in [0, 0.05) is 11.4 Å². The van der Waals surface area contributed by atoms with E-state index in [1.54, 1.807) is 0 Å². The summed E-state index contributed by atoms with van der Waals surface area (Å²) in [4.78, 5) is 25.0. The van der Waals surface area contributed by atoms with Crippen molar-refractivity contribution in [1.29, 1.82) is 0 Å². The van der Waals surface area contributed by atoms with Crippen molar-refractivity contribution < 1.29 is 45.4 Å². The third kappa shape index (κ3) is 5.81. The molecule has 4 aromatic carbocycles. The molecule has 0 aliphatic heterocycles. The molecule has 0 spiro atoms. The number of rotatable bonds is 6. The van der Waals surface area contributed by atoms with Crippen molar-refractivity contribution in [3.05, 3.63) is 119 Å². The van der Waals surface area contributed by atoms with E-state index in [0.717, 1.165) is 24.3 Å². The van der Waals surface area contributed by atoms with Crippen molar-refractivity contribution in [2.75, 3.05) is 11.5 Å². The number of anilines is 2. The van der Waals surface area contributed by atoms with Crippen molar-refractivity contribution in [3.8, 4) is 11.5 Å². The van der Waals surface area contributed by atoms with E-state index in [2.05, 4.69) is 0 Å². The summed E-state index contributed by atoms with van der Waals surface area (Å²) in [5.41, 5.74) is 4.32. The molecule has 4 aromatic rings. The first kappa shape index (κ1) is 29.0. The van der Waals surface area contributed by atoms with Gasteiger partial charge in [-0.05, 0) is 71.8 Å². The van der Waals surface area contributed by atoms with E-state index in [1.807, 2.05) is 0 Å². The molecule has 0 amide bonds. The second-order valence-electron chi connectivity index (χ2n) is 8.83. The zero-order chi connectivity index (χ0) is 30.0. The summed E-state index contributed by atoms with van der Waals surface area (Å²) in [6.07, 6.45) is -11.9. The highest BCUT2D eigenvalue weighted by Gasteiger charge is 2.72. The van der Waals surface area contributed by atoms with Crippen LogP contribution in [0.5, 0.6) is 11.5 Å². The monoisotopic (exact) mass is 574 g/mol. The Bertz CT molecular complexity index is 1480. The van der Waals surface area contributed by atoms with Crippen LogP contribution in [0.25, 0.3) is 0 Å². The minimum Gasteiger partial charge on any atom is -0.423 e. The van der Waals surface area contributed by atoms with Crippen LogP contribution in [-0.2, 0) is 5.41 Å². The molecule has 212 valence electrons. The molecule has 41 heavy (non-hydrogen) atoms. The Morgan fingerprint density at radius 3 is 1.24 bits per heavy atom. The maximum atomic E-state index is 14.7. The van der Waals surface area contributed by atoms with Crippen LogP contribution < -0.4 is 20.9 Å². The number of nitrogens with two attached hydrogens (primary N) is 2. The summed E-state index contributed by atoms with van der Waals surface area (Å²) >= 11 is 0. The van der Waals surface area contributed by atoms with E-state index < -0.39 is 52.3 Å². The fourth-order valence-corrected chi connectivity index (χ4v) is 4.23. The Hall–Kier alpha value is -5.00. The summed E-state index contributed by atoms with van der Waals surface area (Å²) < 4.78 is 98.3. The first-order chi connectivity index (χ1) is 19.2. The lowest BCUT2D eigenvalue weighted by atomic mass is 9.73. The number of hydrogen-bond donors (Lipinski definition) is 2. The molecular weight excluding hydrogens is 554 g/mol. The van der Waals surface area contributed by atoms with Gasteiger partial charge in [0.1, 0.15) is 11.5 Å². The molecule has 0 fully saturated rings. The van der Waals surface area contributed by atoms with E-state index in [4.69, 9.17) is 20.9 Å². The van der Waals surface area contributed by atoms with Crippen LogP contribution in [-0.4, -0.2) is 24.3 Å². The second kappa shape index (κ2) is 10.9. The van der Waals surface area contributed by atoms with Crippen LogP contribution in [0, 0.1) is 0 Å². The lowest BCUT2D eigenvalue weighted by Crippen LogP contribution is -2.54. The van der Waals surface area contributed by atoms with Gasteiger partial charge >= 0.3 is 24.3 Å². The van der Waals surface area contributed by atoms with Gasteiger partial charge in [-0.15, -0.1) is 0 Å². The molecule has 0 radical (unpaired) electrons. The Labute approximate surface area is 229 Å². The highest BCUT2D eigenvalue weighted by molar-refractivity contribution is 5.92. The molecule has 0 unspecified atom stereocenters. The van der Waals surface area contributed by atoms with Crippen molar-refractivity contribution in [2.45, 2.75) is 17.8 Å². The number of benzene rings is 4. The number of ether oxygens (including phenoxy) is 2. The lowest BCUT2D eigenvalue weighted by molar-refractivity contribution is -0.288. The average Bonchev–Trinajstić information content (AvgIpc) is 2.88. The maximum absolute atomic E-state index is 14.7.